The molecule has 1 aliphatic heterocycles. The minimum atomic E-state index is -0.164. The van der Waals surface area contributed by atoms with Crippen LogP contribution in [0.3, 0.4) is 0 Å². The van der Waals surface area contributed by atoms with Crippen molar-refractivity contribution >= 4 is 11.7 Å². The molecule has 1 aliphatic rings. The van der Waals surface area contributed by atoms with E-state index in [0.29, 0.717) is 37.6 Å². The molecule has 1 fully saturated rings. The van der Waals surface area contributed by atoms with Crippen LogP contribution < -0.4 is 0 Å². The molecular weight excluding hydrogens is 390 g/mol. The van der Waals surface area contributed by atoms with Crippen molar-refractivity contribution in [2.45, 2.75) is 33.1 Å². The van der Waals surface area contributed by atoms with E-state index in [1.54, 1.807) is 29.4 Å². The van der Waals surface area contributed by atoms with Crippen LogP contribution in [0.1, 0.15) is 53.1 Å². The number of carbonyl (C=O) groups is 2. The Balaban J connectivity index is 1.34. The predicted octanol–water partition coefficient (Wildman–Crippen LogP) is 4.67. The largest absolute Gasteiger partial charge is 0.355 e. The molecule has 0 atom stereocenters. The van der Waals surface area contributed by atoms with E-state index in [9.17, 15) is 9.59 Å². The Morgan fingerprint density at radius 1 is 1.13 bits per heavy atom. The average molecular weight is 418 g/mol. The third kappa shape index (κ3) is 4.90. The normalized spacial score (nSPS) is 14.7. The maximum Gasteiger partial charge on any atom is 0.276 e. The molecule has 0 radical (unpaired) electrons. The van der Waals surface area contributed by atoms with Crippen LogP contribution in [0.15, 0.2) is 59.4 Å². The van der Waals surface area contributed by atoms with Gasteiger partial charge < -0.3 is 9.42 Å². The first kappa shape index (κ1) is 21.0. The molecule has 0 bridgehead atoms. The summed E-state index contributed by atoms with van der Waals surface area (Å²) in [5.41, 5.74) is 3.07. The second-order valence-corrected chi connectivity index (χ2v) is 8.54. The zero-order chi connectivity index (χ0) is 21.8. The van der Waals surface area contributed by atoms with E-state index >= 15 is 0 Å². The maximum absolute atomic E-state index is 12.9. The zero-order valence-electron chi connectivity index (χ0n) is 18.0. The number of rotatable bonds is 6. The van der Waals surface area contributed by atoms with E-state index in [1.165, 1.54) is 5.56 Å². The molecule has 2 aromatic heterocycles. The molecule has 3 heterocycles. The van der Waals surface area contributed by atoms with Gasteiger partial charge in [-0.25, -0.2) is 0 Å². The molecule has 6 heteroatoms. The Labute approximate surface area is 182 Å². The van der Waals surface area contributed by atoms with Crippen LogP contribution in [0.2, 0.25) is 0 Å². The van der Waals surface area contributed by atoms with Gasteiger partial charge in [0, 0.05) is 48.6 Å². The number of benzene rings is 1. The van der Waals surface area contributed by atoms with Gasteiger partial charge in [-0.15, -0.1) is 0 Å². The molecule has 0 unspecified atom stereocenters. The minimum absolute atomic E-state index is 0.0525. The second kappa shape index (κ2) is 9.25. The summed E-state index contributed by atoms with van der Waals surface area (Å²) in [5, 5.41) is 3.94. The van der Waals surface area contributed by atoms with Gasteiger partial charge in [0.1, 0.15) is 0 Å². The van der Waals surface area contributed by atoms with Crippen LogP contribution >= 0.6 is 0 Å². The second-order valence-electron chi connectivity index (χ2n) is 8.54. The van der Waals surface area contributed by atoms with E-state index in [4.69, 9.17) is 4.52 Å². The summed E-state index contributed by atoms with van der Waals surface area (Å²) in [4.78, 5) is 31.5. The number of carbonyl (C=O) groups excluding carboxylic acids is 2. The van der Waals surface area contributed by atoms with Crippen molar-refractivity contribution in [1.82, 2.24) is 15.0 Å². The molecule has 1 aromatic carbocycles. The van der Waals surface area contributed by atoms with Crippen LogP contribution in [-0.2, 0) is 6.42 Å². The Hall–Kier alpha value is -3.28. The van der Waals surface area contributed by atoms with Gasteiger partial charge in [0.15, 0.2) is 17.2 Å². The lowest BCUT2D eigenvalue weighted by Gasteiger charge is -2.30. The summed E-state index contributed by atoms with van der Waals surface area (Å²) < 4.78 is 5.32. The van der Waals surface area contributed by atoms with Crippen molar-refractivity contribution in [1.29, 1.82) is 0 Å². The lowest BCUT2D eigenvalue weighted by molar-refractivity contribution is 0.0642. The molecular formula is C25H27N3O3. The molecule has 3 aromatic rings. The average Bonchev–Trinajstić information content (AvgIpc) is 3.29. The molecule has 1 saturated heterocycles. The lowest BCUT2D eigenvalue weighted by Crippen LogP contribution is -2.40. The number of Topliss-reactive ketones (excluding diaryl/α,β-unsaturated/α-hetero) is 1. The number of piperidine rings is 1. The smallest absolute Gasteiger partial charge is 0.276 e. The monoisotopic (exact) mass is 417 g/mol. The van der Waals surface area contributed by atoms with E-state index in [2.05, 4.69) is 36.1 Å². The standard InChI is InChI=1S/C25H27N3O3/c1-17(2)14-18-5-7-19(8-6-18)24(29)20-9-12-28(13-10-20)25(30)22-15-23(31-27-22)21-4-3-11-26-16-21/h3-8,11,15-17,20H,9-10,12-14H2,1-2H3. The topological polar surface area (TPSA) is 76.3 Å². The highest BCUT2D eigenvalue weighted by Crippen LogP contribution is 2.25. The number of amides is 1. The third-order valence-electron chi connectivity index (χ3n) is 5.71. The van der Waals surface area contributed by atoms with Gasteiger partial charge in [-0.2, -0.15) is 0 Å². The molecule has 31 heavy (non-hydrogen) atoms. The first-order valence-corrected chi connectivity index (χ1v) is 10.8. The van der Waals surface area contributed by atoms with E-state index in [-0.39, 0.29) is 23.3 Å². The molecule has 0 N–H and O–H groups in total. The molecule has 0 spiro atoms. The number of nitrogens with zero attached hydrogens (tertiary/aromatic N) is 3. The lowest BCUT2D eigenvalue weighted by atomic mass is 9.88. The highest BCUT2D eigenvalue weighted by Gasteiger charge is 2.29. The molecule has 6 nitrogen and oxygen atoms in total. The van der Waals surface area contributed by atoms with Gasteiger partial charge in [0.2, 0.25) is 0 Å². The van der Waals surface area contributed by atoms with Crippen molar-refractivity contribution in [3.8, 4) is 11.3 Å². The summed E-state index contributed by atoms with van der Waals surface area (Å²) in [6.07, 6.45) is 5.68. The quantitative estimate of drug-likeness (QED) is 0.545. The van der Waals surface area contributed by atoms with Crippen LogP contribution in [-0.4, -0.2) is 39.8 Å². The van der Waals surface area contributed by atoms with Crippen LogP contribution in [0.4, 0.5) is 0 Å². The number of hydrogen-bond acceptors (Lipinski definition) is 5. The Kier molecular flexibility index (Phi) is 6.26. The predicted molar refractivity (Wildman–Crippen MR) is 118 cm³/mol. The fourth-order valence-electron chi connectivity index (χ4n) is 4.04. The minimum Gasteiger partial charge on any atom is -0.355 e. The van der Waals surface area contributed by atoms with E-state index in [1.807, 2.05) is 18.2 Å². The van der Waals surface area contributed by atoms with Gasteiger partial charge in [-0.05, 0) is 42.9 Å². The van der Waals surface area contributed by atoms with Crippen LogP contribution in [0.5, 0.6) is 0 Å². The Morgan fingerprint density at radius 3 is 2.52 bits per heavy atom. The third-order valence-corrected chi connectivity index (χ3v) is 5.71. The SMILES string of the molecule is CC(C)Cc1ccc(C(=O)C2CCN(C(=O)c3cc(-c4cccnc4)on3)CC2)cc1. The van der Waals surface area contributed by atoms with Crippen molar-refractivity contribution in [2.24, 2.45) is 11.8 Å². The molecule has 1 amide bonds. The highest BCUT2D eigenvalue weighted by atomic mass is 16.5. The number of aromatic nitrogens is 2. The summed E-state index contributed by atoms with van der Waals surface area (Å²) in [5.74, 6) is 1.06. The summed E-state index contributed by atoms with van der Waals surface area (Å²) >= 11 is 0. The fraction of sp³-hybridized carbons (Fsp3) is 0.360. The van der Waals surface area contributed by atoms with Gasteiger partial charge >= 0.3 is 0 Å². The number of likely N-dealkylation sites (tertiary alicyclic amines) is 1. The van der Waals surface area contributed by atoms with Gasteiger partial charge in [0.25, 0.3) is 5.91 Å². The van der Waals surface area contributed by atoms with E-state index < -0.39 is 0 Å². The molecule has 0 aliphatic carbocycles. The number of ketones is 1. The summed E-state index contributed by atoms with van der Waals surface area (Å²) in [7, 11) is 0. The van der Waals surface area contributed by atoms with Gasteiger partial charge in [-0.1, -0.05) is 43.3 Å². The first-order valence-electron chi connectivity index (χ1n) is 10.8. The maximum atomic E-state index is 12.9. The van der Waals surface area contributed by atoms with E-state index in [0.717, 1.165) is 17.5 Å². The molecule has 4 rings (SSSR count). The number of hydrogen-bond donors (Lipinski definition) is 0. The Bertz CT molecular complexity index is 1030. The summed E-state index contributed by atoms with van der Waals surface area (Å²) in [6.45, 7) is 5.45. The number of pyridine rings is 1. The first-order chi connectivity index (χ1) is 15.0. The Morgan fingerprint density at radius 2 is 1.87 bits per heavy atom. The van der Waals surface area contributed by atoms with Crippen molar-refractivity contribution in [3.05, 3.63) is 71.7 Å². The van der Waals surface area contributed by atoms with Crippen molar-refractivity contribution in [2.75, 3.05) is 13.1 Å². The van der Waals surface area contributed by atoms with Crippen molar-refractivity contribution < 1.29 is 14.1 Å². The van der Waals surface area contributed by atoms with Crippen molar-refractivity contribution in [3.63, 3.8) is 0 Å². The molecule has 0 saturated carbocycles. The van der Waals surface area contributed by atoms with Crippen LogP contribution in [0, 0.1) is 11.8 Å². The zero-order valence-corrected chi connectivity index (χ0v) is 18.0. The van der Waals surface area contributed by atoms with Crippen LogP contribution in [0.25, 0.3) is 11.3 Å². The fourth-order valence-corrected chi connectivity index (χ4v) is 4.04. The van der Waals surface area contributed by atoms with Gasteiger partial charge in [0.05, 0.1) is 0 Å². The summed E-state index contributed by atoms with van der Waals surface area (Å²) in [6, 6.07) is 13.3. The molecule has 160 valence electrons. The highest BCUT2D eigenvalue weighted by molar-refractivity contribution is 5.98. The van der Waals surface area contributed by atoms with Gasteiger partial charge in [-0.3, -0.25) is 14.6 Å².